The number of sulfonamides is 1. The van der Waals surface area contributed by atoms with E-state index in [1.165, 1.54) is 29.7 Å². The Balaban J connectivity index is 1.76. The van der Waals surface area contributed by atoms with Crippen LogP contribution in [0.2, 0.25) is 0 Å². The van der Waals surface area contributed by atoms with Crippen LogP contribution in [0.25, 0.3) is 10.9 Å². The number of carbonyl (C=O) groups excluding carboxylic acids is 3. The van der Waals surface area contributed by atoms with Gasteiger partial charge in [0, 0.05) is 6.42 Å². The molecule has 1 fully saturated rings. The number of fused-ring (bicyclic) bond motifs is 1. The second-order valence-electron chi connectivity index (χ2n) is 7.44. The Bertz CT molecular complexity index is 1430. The van der Waals surface area contributed by atoms with Crippen LogP contribution in [0.15, 0.2) is 34.2 Å². The normalized spacial score (nSPS) is 17.8. The number of aromatic nitrogens is 4. The number of piperidine rings is 1. The number of esters is 1. The molecular formula is C20H20N6O7S. The zero-order chi connectivity index (χ0) is 24.6. The Morgan fingerprint density at radius 2 is 2.12 bits per heavy atom. The number of anilines is 1. The van der Waals surface area contributed by atoms with E-state index >= 15 is 0 Å². The molecule has 3 aromatic rings. The van der Waals surface area contributed by atoms with Crippen LogP contribution in [0.1, 0.15) is 42.0 Å². The van der Waals surface area contributed by atoms with E-state index in [-0.39, 0.29) is 47.4 Å². The van der Waals surface area contributed by atoms with Gasteiger partial charge in [0.1, 0.15) is 23.1 Å². The number of nitrogens with zero attached hydrogens (tertiary/aromatic N) is 3. The zero-order valence-electron chi connectivity index (χ0n) is 18.1. The minimum absolute atomic E-state index is 0.0162. The van der Waals surface area contributed by atoms with Crippen LogP contribution < -0.4 is 15.6 Å². The summed E-state index contributed by atoms with van der Waals surface area (Å²) in [5.41, 5.74) is -0.808. The highest BCUT2D eigenvalue weighted by Crippen LogP contribution is 2.27. The van der Waals surface area contributed by atoms with Gasteiger partial charge in [-0.1, -0.05) is 10.3 Å². The van der Waals surface area contributed by atoms with Gasteiger partial charge in [-0.05, 0) is 32.4 Å². The predicted molar refractivity (Wildman–Crippen MR) is 117 cm³/mol. The fraction of sp³-hybridized carbons (Fsp3) is 0.300. The highest BCUT2D eigenvalue weighted by atomic mass is 32.3. The second kappa shape index (κ2) is 8.79. The number of amides is 2. The maximum absolute atomic E-state index is 13.2. The van der Waals surface area contributed by atoms with Gasteiger partial charge in [0.05, 0.1) is 18.2 Å². The third-order valence-corrected chi connectivity index (χ3v) is 6.58. The monoisotopic (exact) mass is 488 g/mol. The maximum Gasteiger partial charge on any atom is 0.346 e. The number of carbonyl (C=O) groups is 3. The molecule has 1 aliphatic rings. The van der Waals surface area contributed by atoms with Gasteiger partial charge in [-0.2, -0.15) is 9.82 Å². The molecule has 3 heterocycles. The van der Waals surface area contributed by atoms with Crippen molar-refractivity contribution in [2.24, 2.45) is 0 Å². The van der Waals surface area contributed by atoms with Gasteiger partial charge in [-0.25, -0.2) is 14.9 Å². The van der Waals surface area contributed by atoms with Gasteiger partial charge >= 0.3 is 5.97 Å². The minimum atomic E-state index is -4.35. The predicted octanol–water partition coefficient (Wildman–Crippen LogP) is 0.598. The first kappa shape index (κ1) is 23.3. The van der Waals surface area contributed by atoms with Crippen molar-refractivity contribution in [3.63, 3.8) is 0 Å². The lowest BCUT2D eigenvalue weighted by Gasteiger charge is -2.24. The molecule has 0 saturated carbocycles. The molecule has 178 valence electrons. The molecule has 14 heteroatoms. The van der Waals surface area contributed by atoms with Gasteiger partial charge < -0.3 is 9.29 Å². The van der Waals surface area contributed by atoms with Crippen LogP contribution in [0, 0.1) is 6.92 Å². The quantitative estimate of drug-likeness (QED) is 0.253. The lowest BCUT2D eigenvalue weighted by molar-refractivity contribution is -0.135. The van der Waals surface area contributed by atoms with Crippen molar-refractivity contribution in [1.82, 2.24) is 25.1 Å². The summed E-state index contributed by atoms with van der Waals surface area (Å²) in [6.45, 7) is 3.13. The summed E-state index contributed by atoms with van der Waals surface area (Å²) >= 11 is 0. The average molecular weight is 488 g/mol. The molecule has 0 aliphatic carbocycles. The van der Waals surface area contributed by atoms with Crippen molar-refractivity contribution < 1.29 is 27.9 Å². The summed E-state index contributed by atoms with van der Waals surface area (Å²) in [4.78, 5) is 53.5. The molecule has 1 aliphatic heterocycles. The van der Waals surface area contributed by atoms with Crippen LogP contribution in [0.5, 0.6) is 0 Å². The largest absolute Gasteiger partial charge is 0.587 e. The molecule has 2 aromatic heterocycles. The molecular weight excluding hydrogens is 468 g/mol. The number of rotatable bonds is 6. The number of para-hydroxylation sites is 1. The lowest BCUT2D eigenvalue weighted by Crippen LogP contribution is -2.45. The Morgan fingerprint density at radius 1 is 1.35 bits per heavy atom. The summed E-state index contributed by atoms with van der Waals surface area (Å²) in [6, 6.07) is 3.39. The molecule has 3 N–H and O–H groups in total. The Kier molecular flexibility index (Phi) is 6.01. The Hall–Kier alpha value is -3.91. The number of ether oxygens (including phenoxy) is 1. The van der Waals surface area contributed by atoms with Gasteiger partial charge in [0.15, 0.2) is 16.0 Å². The second-order valence-corrected chi connectivity index (χ2v) is 9.06. The van der Waals surface area contributed by atoms with Gasteiger partial charge in [0.2, 0.25) is 11.8 Å². The molecule has 2 amide bonds. The molecule has 2 atom stereocenters. The molecule has 1 saturated heterocycles. The average Bonchev–Trinajstić information content (AvgIpc) is 3.27. The van der Waals surface area contributed by atoms with E-state index in [1.54, 1.807) is 6.92 Å². The number of H-pyrrole nitrogens is 1. The summed E-state index contributed by atoms with van der Waals surface area (Å²) < 4.78 is 34.4. The number of hydrogen-bond acceptors (Lipinski definition) is 9. The Labute approximate surface area is 193 Å². The van der Waals surface area contributed by atoms with E-state index in [1.807, 2.05) is 0 Å². The van der Waals surface area contributed by atoms with Gasteiger partial charge in [0.25, 0.3) is 10.6 Å². The van der Waals surface area contributed by atoms with E-state index in [9.17, 15) is 27.9 Å². The molecule has 13 nitrogen and oxygen atoms in total. The number of aromatic amines is 1. The first-order valence-electron chi connectivity index (χ1n) is 10.2. The van der Waals surface area contributed by atoms with E-state index in [4.69, 9.17) is 4.74 Å². The van der Waals surface area contributed by atoms with E-state index < -0.39 is 44.8 Å². The van der Waals surface area contributed by atoms with Crippen molar-refractivity contribution in [2.45, 2.75) is 37.8 Å². The van der Waals surface area contributed by atoms with E-state index in [0.29, 0.717) is 0 Å². The smallest absolute Gasteiger partial charge is 0.346 e. The number of benzene rings is 1. The van der Waals surface area contributed by atoms with E-state index in [0.717, 1.165) is 6.20 Å². The standard InChI is InChI=1S/C20H20N6O7S/c1-3-33-20(30)12-9-21-24-18(12)34(31,32)25-13-6-4-5-11-16(13)22-10(2)26(19(11)29)14-7-8-15(27)23-17(14)28/h4-6,9,14H,3,7-8H2,1-2H3,(H3-,21,23,24,25,27,28,30,31,32). The first-order valence-corrected chi connectivity index (χ1v) is 11.7. The van der Waals surface area contributed by atoms with Crippen molar-refractivity contribution in [3.05, 3.63) is 46.1 Å². The molecule has 4 rings (SSSR count). The fourth-order valence-electron chi connectivity index (χ4n) is 3.74. The lowest BCUT2D eigenvalue weighted by atomic mass is 10.1. The summed E-state index contributed by atoms with van der Waals surface area (Å²) in [6.07, 6.45) is 1.26. The molecule has 34 heavy (non-hydrogen) atoms. The van der Waals surface area contributed by atoms with Crippen molar-refractivity contribution >= 4 is 44.8 Å². The SMILES string of the molecule is CCOC(=O)c1cn[nH]c1[S+](=O)([O-])Nc1cccc2c(=O)n(C3CCC(=O)NC3=O)c(C)nc12. The minimum Gasteiger partial charge on any atom is -0.587 e. The third kappa shape index (κ3) is 4.08. The summed E-state index contributed by atoms with van der Waals surface area (Å²) in [5.74, 6) is -1.73. The zero-order valence-corrected chi connectivity index (χ0v) is 18.9. The third-order valence-electron chi connectivity index (χ3n) is 5.24. The number of nitrogens with one attached hydrogen (secondary N) is 3. The molecule has 1 aromatic carbocycles. The molecule has 0 radical (unpaired) electrons. The molecule has 0 bridgehead atoms. The fourth-order valence-corrected chi connectivity index (χ4v) is 4.89. The van der Waals surface area contributed by atoms with Gasteiger partial charge in [-0.15, -0.1) is 0 Å². The molecule has 2 unspecified atom stereocenters. The van der Waals surface area contributed by atoms with Crippen LogP contribution in [0.4, 0.5) is 5.69 Å². The first-order chi connectivity index (χ1) is 16.1. The van der Waals surface area contributed by atoms with Crippen LogP contribution in [-0.4, -0.2) is 48.7 Å². The van der Waals surface area contributed by atoms with Crippen LogP contribution >= 0.6 is 0 Å². The van der Waals surface area contributed by atoms with Crippen molar-refractivity contribution in [1.29, 1.82) is 0 Å². The maximum atomic E-state index is 13.2. The van der Waals surface area contributed by atoms with Crippen molar-refractivity contribution in [3.8, 4) is 0 Å². The number of aryl methyl sites for hydroxylation is 1. The number of hydrogen-bond donors (Lipinski definition) is 3. The molecule has 0 spiro atoms. The summed E-state index contributed by atoms with van der Waals surface area (Å²) in [7, 11) is -4.35. The highest BCUT2D eigenvalue weighted by molar-refractivity contribution is 7.98. The Morgan fingerprint density at radius 3 is 2.82 bits per heavy atom. The topological polar surface area (TPSA) is 188 Å². The van der Waals surface area contributed by atoms with E-state index in [2.05, 4.69) is 25.2 Å². The summed E-state index contributed by atoms with van der Waals surface area (Å²) in [5, 5.41) is 7.67. The highest BCUT2D eigenvalue weighted by Gasteiger charge is 2.33. The van der Waals surface area contributed by atoms with Crippen LogP contribution in [-0.2, 0) is 28.9 Å². The van der Waals surface area contributed by atoms with Crippen LogP contribution in [0.3, 0.4) is 0 Å². The number of imide groups is 1. The van der Waals surface area contributed by atoms with Crippen molar-refractivity contribution in [2.75, 3.05) is 11.3 Å². The van der Waals surface area contributed by atoms with Gasteiger partial charge in [-0.3, -0.25) is 24.3 Å².